The molecule has 4 aliphatic rings. The molecule has 1 atom stereocenters. The Labute approximate surface area is 172 Å². The van der Waals surface area contributed by atoms with Gasteiger partial charge >= 0.3 is 0 Å². The van der Waals surface area contributed by atoms with Crippen LogP contribution >= 0.6 is 11.8 Å². The molecular weight excluding hydrogens is 368 g/mol. The van der Waals surface area contributed by atoms with E-state index in [1.54, 1.807) is 11.9 Å². The molecule has 4 bridgehead atoms. The summed E-state index contributed by atoms with van der Waals surface area (Å²) in [6.45, 7) is 4.14. The minimum absolute atomic E-state index is 0.0693. The van der Waals surface area contributed by atoms with Gasteiger partial charge in [-0.05, 0) is 82.3 Å². The third kappa shape index (κ3) is 4.24. The van der Waals surface area contributed by atoms with Gasteiger partial charge in [-0.25, -0.2) is 0 Å². The van der Waals surface area contributed by atoms with Crippen LogP contribution in [-0.4, -0.2) is 40.3 Å². The lowest BCUT2D eigenvalue weighted by atomic mass is 9.56. The zero-order valence-electron chi connectivity index (χ0n) is 17.2. The Bertz CT molecular complexity index is 710. The van der Waals surface area contributed by atoms with Gasteiger partial charge in [0, 0.05) is 17.5 Å². The highest BCUT2D eigenvalue weighted by Gasteiger charge is 2.52. The molecule has 0 unspecified atom stereocenters. The molecule has 0 spiro atoms. The van der Waals surface area contributed by atoms with E-state index in [9.17, 15) is 9.59 Å². The number of carbonyl (C=O) groups is 2. The maximum atomic E-state index is 12.9. The van der Waals surface area contributed by atoms with Crippen LogP contribution in [0, 0.1) is 24.7 Å². The van der Waals surface area contributed by atoms with Crippen molar-refractivity contribution in [1.82, 2.24) is 4.90 Å². The molecule has 4 fully saturated rings. The number of hydrogen-bond donors (Lipinski definition) is 1. The molecule has 5 heteroatoms. The van der Waals surface area contributed by atoms with Crippen LogP contribution in [-0.2, 0) is 9.59 Å². The molecule has 0 heterocycles. The molecule has 0 aliphatic heterocycles. The largest absolute Gasteiger partial charge is 0.335 e. The predicted molar refractivity (Wildman–Crippen MR) is 115 cm³/mol. The van der Waals surface area contributed by atoms with Crippen LogP contribution in [0.3, 0.4) is 0 Å². The van der Waals surface area contributed by atoms with Gasteiger partial charge < -0.3 is 10.2 Å². The second kappa shape index (κ2) is 7.74. The maximum absolute atomic E-state index is 12.9. The van der Waals surface area contributed by atoms with Crippen molar-refractivity contribution in [2.24, 2.45) is 17.8 Å². The summed E-state index contributed by atoms with van der Waals surface area (Å²) in [4.78, 5) is 26.8. The van der Waals surface area contributed by atoms with E-state index in [0.29, 0.717) is 4.75 Å². The van der Waals surface area contributed by atoms with Crippen molar-refractivity contribution in [2.75, 3.05) is 18.9 Å². The number of thioether (sulfide) groups is 1. The monoisotopic (exact) mass is 400 g/mol. The second-order valence-electron chi connectivity index (χ2n) is 9.47. The van der Waals surface area contributed by atoms with Crippen molar-refractivity contribution in [3.8, 4) is 0 Å². The van der Waals surface area contributed by atoms with Crippen LogP contribution in [0.2, 0.25) is 0 Å². The number of rotatable bonds is 6. The average molecular weight is 401 g/mol. The Morgan fingerprint density at radius 3 is 2.18 bits per heavy atom. The fraction of sp³-hybridized carbons (Fsp3) is 0.652. The highest BCUT2D eigenvalue weighted by Crippen LogP contribution is 2.61. The first kappa shape index (κ1) is 19.8. The first-order valence-corrected chi connectivity index (χ1v) is 11.5. The van der Waals surface area contributed by atoms with Gasteiger partial charge in [-0.2, -0.15) is 0 Å². The number of aryl methyl sites for hydroxylation is 1. The first-order chi connectivity index (χ1) is 13.3. The van der Waals surface area contributed by atoms with Crippen LogP contribution in [0.15, 0.2) is 24.3 Å². The summed E-state index contributed by atoms with van der Waals surface area (Å²) in [5.41, 5.74) is 1.92. The van der Waals surface area contributed by atoms with Crippen molar-refractivity contribution in [3.05, 3.63) is 29.8 Å². The Balaban J connectivity index is 1.31. The van der Waals surface area contributed by atoms with E-state index in [0.717, 1.165) is 29.0 Å². The SMILES string of the molecule is Cc1ccc(NC(=O)CN(C)C(=O)[C@H](C)SC23CC4CC(CC(C4)C2)C3)cc1. The highest BCUT2D eigenvalue weighted by molar-refractivity contribution is 8.01. The van der Waals surface area contributed by atoms with E-state index >= 15 is 0 Å². The molecule has 4 saturated carbocycles. The molecule has 0 radical (unpaired) electrons. The number of nitrogens with one attached hydrogen (secondary N) is 1. The maximum Gasteiger partial charge on any atom is 0.243 e. The van der Waals surface area contributed by atoms with E-state index in [-0.39, 0.29) is 23.6 Å². The first-order valence-electron chi connectivity index (χ1n) is 10.6. The lowest BCUT2D eigenvalue weighted by Crippen LogP contribution is -2.50. The second-order valence-corrected chi connectivity index (χ2v) is 11.3. The van der Waals surface area contributed by atoms with Gasteiger partial charge in [0.1, 0.15) is 0 Å². The molecule has 5 rings (SSSR count). The van der Waals surface area contributed by atoms with Gasteiger partial charge in [0.2, 0.25) is 11.8 Å². The molecule has 152 valence electrons. The van der Waals surface area contributed by atoms with Gasteiger partial charge in [-0.1, -0.05) is 17.7 Å². The van der Waals surface area contributed by atoms with E-state index in [2.05, 4.69) is 5.32 Å². The van der Waals surface area contributed by atoms with Crippen LogP contribution in [0.5, 0.6) is 0 Å². The molecular formula is C23H32N2O2S. The van der Waals surface area contributed by atoms with Crippen molar-refractivity contribution >= 4 is 29.3 Å². The third-order valence-electron chi connectivity index (χ3n) is 6.85. The third-order valence-corrected chi connectivity index (χ3v) is 8.40. The zero-order chi connectivity index (χ0) is 19.9. The summed E-state index contributed by atoms with van der Waals surface area (Å²) in [7, 11) is 1.74. The fourth-order valence-corrected chi connectivity index (χ4v) is 8.07. The molecule has 4 aliphatic carbocycles. The number of benzene rings is 1. The molecule has 0 saturated heterocycles. The van der Waals surface area contributed by atoms with Gasteiger partial charge in [-0.15, -0.1) is 11.8 Å². The minimum Gasteiger partial charge on any atom is -0.335 e. The Morgan fingerprint density at radius 2 is 1.64 bits per heavy atom. The van der Waals surface area contributed by atoms with Gasteiger partial charge in [-0.3, -0.25) is 9.59 Å². The fourth-order valence-electron chi connectivity index (χ4n) is 6.04. The lowest BCUT2D eigenvalue weighted by Gasteiger charge is -2.57. The van der Waals surface area contributed by atoms with E-state index in [1.165, 1.54) is 38.5 Å². The summed E-state index contributed by atoms with van der Waals surface area (Å²) in [5, 5.41) is 2.79. The van der Waals surface area contributed by atoms with Crippen molar-refractivity contribution in [1.29, 1.82) is 0 Å². The molecule has 1 aromatic rings. The van der Waals surface area contributed by atoms with Crippen LogP contribution in [0.1, 0.15) is 51.0 Å². The Hall–Kier alpha value is -1.49. The summed E-state index contributed by atoms with van der Waals surface area (Å²) in [6.07, 6.45) is 8.13. The van der Waals surface area contributed by atoms with E-state index in [1.807, 2.05) is 49.9 Å². The minimum atomic E-state index is -0.147. The zero-order valence-corrected chi connectivity index (χ0v) is 18.1. The smallest absolute Gasteiger partial charge is 0.243 e. The Morgan fingerprint density at radius 1 is 1.11 bits per heavy atom. The van der Waals surface area contributed by atoms with E-state index in [4.69, 9.17) is 0 Å². The molecule has 1 aromatic carbocycles. The number of likely N-dealkylation sites (N-methyl/N-ethyl adjacent to an activating group) is 1. The molecule has 1 N–H and O–H groups in total. The Kier molecular flexibility index (Phi) is 5.47. The number of amides is 2. The standard InChI is InChI=1S/C23H32N2O2S/c1-15-4-6-20(7-5-15)24-21(26)14-25(3)22(27)16(2)28-23-11-17-8-18(12-23)10-19(9-17)13-23/h4-7,16-19H,8-14H2,1-3H3,(H,24,26)/t16-,17?,18?,19?,23?/m0/s1. The normalized spacial score (nSPS) is 31.5. The summed E-state index contributed by atoms with van der Waals surface area (Å²) < 4.78 is 0.314. The molecule has 28 heavy (non-hydrogen) atoms. The number of anilines is 1. The molecule has 2 amide bonds. The van der Waals surface area contributed by atoms with Crippen molar-refractivity contribution < 1.29 is 9.59 Å². The predicted octanol–water partition coefficient (Wildman–Crippen LogP) is 4.48. The summed E-state index contributed by atoms with van der Waals surface area (Å²) in [6, 6.07) is 7.71. The average Bonchev–Trinajstić information content (AvgIpc) is 2.61. The highest BCUT2D eigenvalue weighted by atomic mass is 32.2. The van der Waals surface area contributed by atoms with Crippen molar-refractivity contribution in [2.45, 2.75) is 62.4 Å². The number of hydrogen-bond acceptors (Lipinski definition) is 3. The van der Waals surface area contributed by atoms with E-state index < -0.39 is 0 Å². The van der Waals surface area contributed by atoms with Gasteiger partial charge in [0.25, 0.3) is 0 Å². The number of nitrogens with zero attached hydrogens (tertiary/aromatic N) is 1. The van der Waals surface area contributed by atoms with Crippen LogP contribution in [0.25, 0.3) is 0 Å². The summed E-state index contributed by atoms with van der Waals surface area (Å²) >= 11 is 1.90. The quantitative estimate of drug-likeness (QED) is 0.766. The van der Waals surface area contributed by atoms with Crippen LogP contribution < -0.4 is 5.32 Å². The van der Waals surface area contributed by atoms with Gasteiger partial charge in [0.15, 0.2) is 0 Å². The number of carbonyl (C=O) groups excluding carboxylic acids is 2. The van der Waals surface area contributed by atoms with Gasteiger partial charge in [0.05, 0.1) is 11.8 Å². The topological polar surface area (TPSA) is 49.4 Å². The molecule has 4 nitrogen and oxygen atoms in total. The molecule has 0 aromatic heterocycles. The van der Waals surface area contributed by atoms with Crippen molar-refractivity contribution in [3.63, 3.8) is 0 Å². The summed E-state index contributed by atoms with van der Waals surface area (Å²) in [5.74, 6) is 2.59. The lowest BCUT2D eigenvalue weighted by molar-refractivity contribution is -0.132. The van der Waals surface area contributed by atoms with Crippen LogP contribution in [0.4, 0.5) is 5.69 Å².